The number of carbonyl (C=O) groups excluding carboxylic acids is 2. The van der Waals surface area contributed by atoms with Crippen LogP contribution in [0.5, 0.6) is 0 Å². The number of halogens is 1. The second-order valence-corrected chi connectivity index (χ2v) is 11.8. The number of amides is 2. The van der Waals surface area contributed by atoms with Crippen LogP contribution in [0.1, 0.15) is 108 Å². The maximum Gasteiger partial charge on any atom is 0.249 e. The van der Waals surface area contributed by atoms with Gasteiger partial charge in [0.05, 0.1) is 0 Å². The first-order valence-corrected chi connectivity index (χ1v) is 16.1. The van der Waals surface area contributed by atoms with E-state index in [2.05, 4.69) is 17.1 Å². The zero-order chi connectivity index (χ0) is 29.6. The molecule has 0 spiro atoms. The molecule has 1 fully saturated rings. The molecule has 1 saturated heterocycles. The Bertz CT molecular complexity index is 1230. The van der Waals surface area contributed by atoms with Crippen molar-refractivity contribution in [2.75, 3.05) is 13.1 Å². The first-order chi connectivity index (χ1) is 20.5. The zero-order valence-electron chi connectivity index (χ0n) is 25.0. The van der Waals surface area contributed by atoms with Crippen molar-refractivity contribution in [1.29, 1.82) is 0 Å². The van der Waals surface area contributed by atoms with Crippen molar-refractivity contribution in [2.45, 2.75) is 103 Å². The van der Waals surface area contributed by atoms with Crippen molar-refractivity contribution in [3.63, 3.8) is 0 Å². The third-order valence-electron chi connectivity index (χ3n) is 8.04. The summed E-state index contributed by atoms with van der Waals surface area (Å²) in [4.78, 5) is 35.4. The van der Waals surface area contributed by atoms with Gasteiger partial charge in [0.1, 0.15) is 12.6 Å². The lowest BCUT2D eigenvalue weighted by Gasteiger charge is -2.35. The van der Waals surface area contributed by atoms with Gasteiger partial charge < -0.3 is 14.3 Å². The first-order valence-electron chi connectivity index (χ1n) is 15.8. The van der Waals surface area contributed by atoms with Crippen LogP contribution in [0, 0.1) is 0 Å². The third kappa shape index (κ3) is 9.69. The molecule has 0 saturated carbocycles. The van der Waals surface area contributed by atoms with Crippen LogP contribution in [0.15, 0.2) is 59.1 Å². The molecule has 1 aromatic heterocycles. The van der Waals surface area contributed by atoms with E-state index in [9.17, 15) is 9.59 Å². The Morgan fingerprint density at radius 3 is 2.33 bits per heavy atom. The number of likely N-dealkylation sites (tertiary alicyclic amines) is 1. The number of hydrogen-bond donors (Lipinski definition) is 0. The molecule has 0 aliphatic carbocycles. The second-order valence-electron chi connectivity index (χ2n) is 11.4. The van der Waals surface area contributed by atoms with Crippen LogP contribution in [0.2, 0.25) is 5.02 Å². The van der Waals surface area contributed by atoms with Gasteiger partial charge in [0.25, 0.3) is 0 Å². The first kappa shape index (κ1) is 31.7. The molecule has 42 heavy (non-hydrogen) atoms. The van der Waals surface area contributed by atoms with E-state index < -0.39 is 0 Å². The Morgan fingerprint density at radius 2 is 1.62 bits per heavy atom. The van der Waals surface area contributed by atoms with Crippen molar-refractivity contribution in [2.24, 2.45) is 0 Å². The van der Waals surface area contributed by atoms with Crippen LogP contribution in [-0.2, 0) is 16.1 Å². The Hall–Kier alpha value is -3.19. The summed E-state index contributed by atoms with van der Waals surface area (Å²) in [6.07, 6.45) is 13.9. The molecule has 1 unspecified atom stereocenters. The van der Waals surface area contributed by atoms with E-state index in [0.29, 0.717) is 36.2 Å². The summed E-state index contributed by atoms with van der Waals surface area (Å²) < 4.78 is 5.66. The van der Waals surface area contributed by atoms with Crippen molar-refractivity contribution in [1.82, 2.24) is 19.9 Å². The Balaban J connectivity index is 1.36. The van der Waals surface area contributed by atoms with Crippen LogP contribution in [-0.4, -0.2) is 44.8 Å². The Kier molecular flexibility index (Phi) is 12.9. The minimum Gasteiger partial charge on any atom is -0.337 e. The van der Waals surface area contributed by atoms with Gasteiger partial charge in [0, 0.05) is 30.1 Å². The van der Waals surface area contributed by atoms with Crippen LogP contribution in [0.3, 0.4) is 0 Å². The average Bonchev–Trinajstić information content (AvgIpc) is 3.51. The standard InChI is InChI=1S/C34H45ClN4O3/c1-2-3-4-5-6-7-8-9-13-19-31(40)38(25-27-16-11-10-12-17-27)26-32(41)39-24-15-14-18-30(39)34-36-33(37-42-34)28-20-22-29(35)23-21-28/h10-12,16-17,20-23,30H,2-9,13-15,18-19,24-26H2,1H3. The van der Waals surface area contributed by atoms with Crippen molar-refractivity contribution in [3.8, 4) is 11.4 Å². The third-order valence-corrected chi connectivity index (χ3v) is 8.29. The average molecular weight is 593 g/mol. The number of hydrogen-bond acceptors (Lipinski definition) is 5. The van der Waals surface area contributed by atoms with Gasteiger partial charge in [-0.05, 0) is 55.5 Å². The Morgan fingerprint density at radius 1 is 0.929 bits per heavy atom. The number of nitrogens with zero attached hydrogens (tertiary/aromatic N) is 4. The number of unbranched alkanes of at least 4 members (excludes halogenated alkanes) is 8. The highest BCUT2D eigenvalue weighted by Gasteiger charge is 2.33. The zero-order valence-corrected chi connectivity index (χ0v) is 25.7. The van der Waals surface area contributed by atoms with Crippen molar-refractivity contribution in [3.05, 3.63) is 71.1 Å². The Labute approximate surface area is 255 Å². The lowest BCUT2D eigenvalue weighted by molar-refractivity contribution is -0.143. The predicted octanol–water partition coefficient (Wildman–Crippen LogP) is 8.39. The van der Waals surface area contributed by atoms with E-state index in [1.165, 1.54) is 38.5 Å². The molecule has 2 heterocycles. The van der Waals surface area contributed by atoms with Gasteiger partial charge in [-0.1, -0.05) is 105 Å². The summed E-state index contributed by atoms with van der Waals surface area (Å²) in [6.45, 7) is 3.30. The molecule has 4 rings (SSSR count). The van der Waals surface area contributed by atoms with Gasteiger partial charge in [-0.3, -0.25) is 9.59 Å². The van der Waals surface area contributed by atoms with E-state index in [1.807, 2.05) is 47.4 Å². The summed E-state index contributed by atoms with van der Waals surface area (Å²) in [5.74, 6) is 0.860. The number of carbonyl (C=O) groups is 2. The minimum atomic E-state index is -0.300. The molecule has 1 aliphatic heterocycles. The van der Waals surface area contributed by atoms with Gasteiger partial charge in [-0.15, -0.1) is 0 Å². The molecule has 3 aromatic rings. The van der Waals surface area contributed by atoms with E-state index in [4.69, 9.17) is 16.1 Å². The van der Waals surface area contributed by atoms with Gasteiger partial charge in [0.2, 0.25) is 23.5 Å². The summed E-state index contributed by atoms with van der Waals surface area (Å²) in [6, 6.07) is 16.9. The van der Waals surface area contributed by atoms with Gasteiger partial charge in [0.15, 0.2) is 0 Å². The molecule has 0 N–H and O–H groups in total. The topological polar surface area (TPSA) is 79.5 Å². The van der Waals surface area contributed by atoms with E-state index >= 15 is 0 Å². The fraction of sp³-hybridized carbons (Fsp3) is 0.529. The molecule has 8 heteroatoms. The second kappa shape index (κ2) is 17.1. The highest BCUT2D eigenvalue weighted by atomic mass is 35.5. The molecular formula is C34H45ClN4O3. The van der Waals surface area contributed by atoms with Crippen LogP contribution < -0.4 is 0 Å². The highest BCUT2D eigenvalue weighted by Crippen LogP contribution is 2.31. The lowest BCUT2D eigenvalue weighted by atomic mass is 10.0. The number of aromatic nitrogens is 2. The summed E-state index contributed by atoms with van der Waals surface area (Å²) >= 11 is 6.03. The monoisotopic (exact) mass is 592 g/mol. The van der Waals surface area contributed by atoms with E-state index in [1.54, 1.807) is 17.0 Å². The molecule has 226 valence electrons. The quantitative estimate of drug-likeness (QED) is 0.156. The fourth-order valence-corrected chi connectivity index (χ4v) is 5.73. The van der Waals surface area contributed by atoms with Crippen LogP contribution in [0.4, 0.5) is 0 Å². The maximum absolute atomic E-state index is 13.8. The summed E-state index contributed by atoms with van der Waals surface area (Å²) in [7, 11) is 0. The summed E-state index contributed by atoms with van der Waals surface area (Å²) in [5.41, 5.74) is 1.82. The van der Waals surface area contributed by atoms with Crippen molar-refractivity contribution >= 4 is 23.4 Å². The van der Waals surface area contributed by atoms with Gasteiger partial charge in [-0.25, -0.2) is 0 Å². The molecule has 1 atom stereocenters. The largest absolute Gasteiger partial charge is 0.337 e. The van der Waals surface area contributed by atoms with Crippen LogP contribution >= 0.6 is 11.6 Å². The maximum atomic E-state index is 13.8. The summed E-state index contributed by atoms with van der Waals surface area (Å²) in [5, 5.41) is 4.81. The number of benzene rings is 2. The number of piperidine rings is 1. The molecule has 7 nitrogen and oxygen atoms in total. The smallest absolute Gasteiger partial charge is 0.249 e. The normalized spacial score (nSPS) is 15.1. The van der Waals surface area contributed by atoms with Gasteiger partial charge >= 0.3 is 0 Å². The lowest BCUT2D eigenvalue weighted by Crippen LogP contribution is -2.45. The predicted molar refractivity (Wildman–Crippen MR) is 167 cm³/mol. The van der Waals surface area contributed by atoms with Crippen LogP contribution in [0.25, 0.3) is 11.4 Å². The minimum absolute atomic E-state index is 0.0338. The van der Waals surface area contributed by atoms with Gasteiger partial charge in [-0.2, -0.15) is 4.98 Å². The molecule has 2 amide bonds. The molecule has 1 aliphatic rings. The highest BCUT2D eigenvalue weighted by molar-refractivity contribution is 6.30. The molecule has 0 radical (unpaired) electrons. The number of rotatable bonds is 16. The fourth-order valence-electron chi connectivity index (χ4n) is 5.61. The molecule has 2 aromatic carbocycles. The molecule has 0 bridgehead atoms. The SMILES string of the molecule is CCCCCCCCCCCC(=O)N(CC(=O)N1CCCCC1c1nc(-c2ccc(Cl)cc2)no1)Cc1ccccc1. The molecular weight excluding hydrogens is 548 g/mol. The van der Waals surface area contributed by atoms with E-state index in [0.717, 1.165) is 49.7 Å². The van der Waals surface area contributed by atoms with Crippen molar-refractivity contribution < 1.29 is 14.1 Å². The van der Waals surface area contributed by atoms with E-state index in [-0.39, 0.29) is 24.4 Å².